The zero-order valence-electron chi connectivity index (χ0n) is 10.4. The number of aliphatic hydroxyl groups is 2. The monoisotopic (exact) mass is 268 g/mol. The molecule has 6 heteroatoms. The highest BCUT2D eigenvalue weighted by Gasteiger charge is 2.33. The van der Waals surface area contributed by atoms with E-state index in [1.807, 2.05) is 0 Å². The minimum Gasteiger partial charge on any atom is -0.481 e. The molecule has 0 aliphatic carbocycles. The van der Waals surface area contributed by atoms with Crippen molar-refractivity contribution in [3.63, 3.8) is 0 Å². The van der Waals surface area contributed by atoms with Crippen molar-refractivity contribution < 1.29 is 29.6 Å². The number of carboxylic acid groups (broad SMARTS) is 1. The number of hydrogen-bond acceptors (Lipinski definition) is 5. The van der Waals surface area contributed by atoms with E-state index < -0.39 is 36.5 Å². The molecule has 19 heavy (non-hydrogen) atoms. The van der Waals surface area contributed by atoms with Gasteiger partial charge in [0.05, 0.1) is 12.3 Å². The van der Waals surface area contributed by atoms with Crippen molar-refractivity contribution in [1.29, 1.82) is 0 Å². The molecule has 0 aromatic heterocycles. The highest BCUT2D eigenvalue weighted by atomic mass is 16.5. The van der Waals surface area contributed by atoms with Crippen molar-refractivity contribution in [3.8, 4) is 5.75 Å². The molecule has 0 saturated carbocycles. The summed E-state index contributed by atoms with van der Waals surface area (Å²) in [6.45, 7) is 1.38. The summed E-state index contributed by atoms with van der Waals surface area (Å²) in [5.41, 5.74) is 0. The maximum atomic E-state index is 11.9. The fourth-order valence-electron chi connectivity index (χ4n) is 1.56. The Morgan fingerprint density at radius 1 is 1.21 bits per heavy atom. The minimum absolute atomic E-state index is 0.280. The Bertz CT molecular complexity index is 428. The molecule has 2 unspecified atom stereocenters. The molecule has 0 saturated heterocycles. The van der Waals surface area contributed by atoms with E-state index in [-0.39, 0.29) is 5.75 Å². The SMILES string of the molecule is CC(C(O)O)C(CC(=O)O)C(=O)Oc1ccccc1. The summed E-state index contributed by atoms with van der Waals surface area (Å²) in [7, 11) is 0. The van der Waals surface area contributed by atoms with Crippen LogP contribution in [-0.4, -0.2) is 33.5 Å². The summed E-state index contributed by atoms with van der Waals surface area (Å²) in [5, 5.41) is 26.9. The fourth-order valence-corrected chi connectivity index (χ4v) is 1.56. The van der Waals surface area contributed by atoms with Crippen molar-refractivity contribution in [2.75, 3.05) is 0 Å². The summed E-state index contributed by atoms with van der Waals surface area (Å²) in [5.74, 6) is -3.79. The van der Waals surface area contributed by atoms with Crippen LogP contribution >= 0.6 is 0 Å². The highest BCUT2D eigenvalue weighted by molar-refractivity contribution is 5.80. The van der Waals surface area contributed by atoms with Gasteiger partial charge in [0.2, 0.25) is 0 Å². The Kier molecular flexibility index (Phi) is 5.47. The number of esters is 1. The average Bonchev–Trinajstić information content (AvgIpc) is 2.35. The molecule has 1 rings (SSSR count). The number of carbonyl (C=O) groups is 2. The first-order valence-corrected chi connectivity index (χ1v) is 5.76. The lowest BCUT2D eigenvalue weighted by molar-refractivity contribution is -0.156. The third kappa shape index (κ3) is 4.69. The van der Waals surface area contributed by atoms with E-state index in [1.165, 1.54) is 6.92 Å². The van der Waals surface area contributed by atoms with Crippen molar-refractivity contribution >= 4 is 11.9 Å². The van der Waals surface area contributed by atoms with Crippen LogP contribution in [0.1, 0.15) is 13.3 Å². The largest absolute Gasteiger partial charge is 0.481 e. The van der Waals surface area contributed by atoms with Crippen LogP contribution in [0.2, 0.25) is 0 Å². The Hall–Kier alpha value is -1.92. The molecule has 1 aromatic carbocycles. The van der Waals surface area contributed by atoms with Gasteiger partial charge in [-0.2, -0.15) is 0 Å². The summed E-state index contributed by atoms with van der Waals surface area (Å²) < 4.78 is 5.02. The molecule has 3 N–H and O–H groups in total. The molecule has 0 heterocycles. The Labute approximate surface area is 110 Å². The lowest BCUT2D eigenvalue weighted by atomic mass is 9.90. The Balaban J connectivity index is 2.79. The van der Waals surface area contributed by atoms with Crippen LogP contribution in [0.15, 0.2) is 30.3 Å². The van der Waals surface area contributed by atoms with Gasteiger partial charge in [-0.25, -0.2) is 0 Å². The van der Waals surface area contributed by atoms with E-state index in [0.717, 1.165) is 0 Å². The molecule has 0 radical (unpaired) electrons. The van der Waals surface area contributed by atoms with Crippen molar-refractivity contribution in [2.45, 2.75) is 19.6 Å². The van der Waals surface area contributed by atoms with Crippen LogP contribution < -0.4 is 4.74 Å². The molecule has 0 fully saturated rings. The molecular weight excluding hydrogens is 252 g/mol. The van der Waals surface area contributed by atoms with Gasteiger partial charge in [-0.05, 0) is 12.1 Å². The number of aliphatic carboxylic acids is 1. The number of aliphatic hydroxyl groups excluding tert-OH is 1. The molecule has 2 atom stereocenters. The molecule has 104 valence electrons. The topological polar surface area (TPSA) is 104 Å². The number of rotatable bonds is 6. The van der Waals surface area contributed by atoms with Gasteiger partial charge in [0.1, 0.15) is 5.75 Å². The van der Waals surface area contributed by atoms with E-state index in [2.05, 4.69) is 0 Å². The normalized spacial score (nSPS) is 13.9. The number of hydrogen-bond donors (Lipinski definition) is 3. The fraction of sp³-hybridized carbons (Fsp3) is 0.385. The molecule has 0 amide bonds. The number of carboxylic acids is 1. The zero-order valence-corrected chi connectivity index (χ0v) is 10.4. The smallest absolute Gasteiger partial charge is 0.315 e. The maximum absolute atomic E-state index is 11.9. The first kappa shape index (κ1) is 15.1. The van der Waals surface area contributed by atoms with Crippen LogP contribution in [0, 0.1) is 11.8 Å². The predicted octanol–water partition coefficient (Wildman–Crippen LogP) is 0.630. The molecule has 1 aromatic rings. The van der Waals surface area contributed by atoms with Crippen LogP contribution in [0.4, 0.5) is 0 Å². The molecule has 6 nitrogen and oxygen atoms in total. The summed E-state index contributed by atoms with van der Waals surface area (Å²) in [6, 6.07) is 8.18. The first-order valence-electron chi connectivity index (χ1n) is 5.76. The van der Waals surface area contributed by atoms with E-state index >= 15 is 0 Å². The van der Waals surface area contributed by atoms with E-state index in [0.29, 0.717) is 0 Å². The predicted molar refractivity (Wildman–Crippen MR) is 65.2 cm³/mol. The third-order valence-corrected chi connectivity index (χ3v) is 2.76. The molecule has 0 aliphatic rings. The highest BCUT2D eigenvalue weighted by Crippen LogP contribution is 2.22. The molecule has 0 aliphatic heterocycles. The molecule has 0 bridgehead atoms. The number of ether oxygens (including phenoxy) is 1. The number of carbonyl (C=O) groups excluding carboxylic acids is 1. The van der Waals surface area contributed by atoms with Gasteiger partial charge in [0.25, 0.3) is 0 Å². The standard InChI is InChI=1S/C13H16O6/c1-8(12(16)17)10(7-11(14)15)13(18)19-9-5-3-2-4-6-9/h2-6,8,10,12,16-17H,7H2,1H3,(H,14,15). The molecule has 0 spiro atoms. The van der Waals surface area contributed by atoms with Crippen molar-refractivity contribution in [3.05, 3.63) is 30.3 Å². The van der Waals surface area contributed by atoms with Gasteiger partial charge in [-0.1, -0.05) is 25.1 Å². The number of benzene rings is 1. The second-order valence-corrected chi connectivity index (χ2v) is 4.21. The van der Waals surface area contributed by atoms with Crippen LogP contribution in [-0.2, 0) is 9.59 Å². The van der Waals surface area contributed by atoms with Gasteiger partial charge in [-0.3, -0.25) is 9.59 Å². The van der Waals surface area contributed by atoms with Crippen molar-refractivity contribution in [1.82, 2.24) is 0 Å². The summed E-state index contributed by atoms with van der Waals surface area (Å²) in [4.78, 5) is 22.6. The van der Waals surface area contributed by atoms with E-state index in [4.69, 9.17) is 20.1 Å². The summed E-state index contributed by atoms with van der Waals surface area (Å²) in [6.07, 6.45) is -2.31. The lowest BCUT2D eigenvalue weighted by Gasteiger charge is -2.22. The molecular formula is C13H16O6. The van der Waals surface area contributed by atoms with Gasteiger partial charge in [-0.15, -0.1) is 0 Å². The maximum Gasteiger partial charge on any atom is 0.315 e. The second kappa shape index (κ2) is 6.86. The Morgan fingerprint density at radius 2 is 1.79 bits per heavy atom. The third-order valence-electron chi connectivity index (χ3n) is 2.76. The van der Waals surface area contributed by atoms with Crippen LogP contribution in [0.25, 0.3) is 0 Å². The number of para-hydroxylation sites is 1. The summed E-state index contributed by atoms with van der Waals surface area (Å²) >= 11 is 0. The second-order valence-electron chi connectivity index (χ2n) is 4.21. The average molecular weight is 268 g/mol. The van der Waals surface area contributed by atoms with E-state index in [1.54, 1.807) is 30.3 Å². The Morgan fingerprint density at radius 3 is 2.26 bits per heavy atom. The first-order chi connectivity index (χ1) is 8.91. The zero-order chi connectivity index (χ0) is 14.4. The van der Waals surface area contributed by atoms with Gasteiger partial charge >= 0.3 is 11.9 Å². The van der Waals surface area contributed by atoms with Crippen LogP contribution in [0.3, 0.4) is 0 Å². The van der Waals surface area contributed by atoms with Crippen LogP contribution in [0.5, 0.6) is 5.75 Å². The van der Waals surface area contributed by atoms with Gasteiger partial charge in [0, 0.05) is 5.92 Å². The van der Waals surface area contributed by atoms with Gasteiger partial charge in [0.15, 0.2) is 6.29 Å². The van der Waals surface area contributed by atoms with Crippen molar-refractivity contribution in [2.24, 2.45) is 11.8 Å². The van der Waals surface area contributed by atoms with Gasteiger partial charge < -0.3 is 20.1 Å². The minimum atomic E-state index is -1.78. The quantitative estimate of drug-likeness (QED) is 0.397. The van der Waals surface area contributed by atoms with E-state index in [9.17, 15) is 9.59 Å². The lowest BCUT2D eigenvalue weighted by Crippen LogP contribution is -2.34.